The van der Waals surface area contributed by atoms with Crippen LogP contribution in [-0.4, -0.2) is 42.5 Å². The second-order valence-corrected chi connectivity index (χ2v) is 5.27. The van der Waals surface area contributed by atoms with E-state index in [1.54, 1.807) is 34.9 Å². The molecule has 1 aromatic carbocycles. The summed E-state index contributed by atoms with van der Waals surface area (Å²) in [6, 6.07) is 6.55. The molecule has 2 rings (SSSR count). The Labute approximate surface area is 120 Å². The summed E-state index contributed by atoms with van der Waals surface area (Å²) in [7, 11) is 0. The number of carbonyl (C=O) groups excluding carboxylic acids is 1. The molecule has 110 valence electrons. The highest BCUT2D eigenvalue weighted by Crippen LogP contribution is 2.31. The maximum Gasteiger partial charge on any atom is 0.387 e. The zero-order valence-corrected chi connectivity index (χ0v) is 11.8. The number of amides is 1. The number of alkyl halides is 2. The molecule has 1 aliphatic rings. The molecule has 1 fully saturated rings. The van der Waals surface area contributed by atoms with Gasteiger partial charge >= 0.3 is 6.61 Å². The first-order valence-corrected chi connectivity index (χ1v) is 7.58. The van der Waals surface area contributed by atoms with Gasteiger partial charge in [-0.05, 0) is 12.3 Å². The Hall–Kier alpha value is -1.34. The molecule has 1 aromatic rings. The minimum Gasteiger partial charge on any atom is -0.434 e. The van der Waals surface area contributed by atoms with Crippen molar-refractivity contribution < 1.29 is 18.3 Å². The van der Waals surface area contributed by atoms with Gasteiger partial charge in [-0.25, -0.2) is 0 Å². The molecule has 1 amide bonds. The Morgan fingerprint density at radius 2 is 2.25 bits per heavy atom. The van der Waals surface area contributed by atoms with E-state index >= 15 is 0 Å². The molecule has 0 saturated carbocycles. The fourth-order valence-electron chi connectivity index (χ4n) is 2.17. The maximum atomic E-state index is 12.4. The van der Waals surface area contributed by atoms with Gasteiger partial charge in [0.2, 0.25) is 5.91 Å². The second-order valence-electron chi connectivity index (χ2n) is 4.28. The number of ether oxygens (including phenoxy) is 1. The lowest BCUT2D eigenvalue weighted by atomic mass is 10.1. The van der Waals surface area contributed by atoms with E-state index in [2.05, 4.69) is 10.1 Å². The molecule has 1 aliphatic heterocycles. The predicted octanol–water partition coefficient (Wildman–Crippen LogP) is 2.08. The van der Waals surface area contributed by atoms with Gasteiger partial charge < -0.3 is 9.64 Å². The van der Waals surface area contributed by atoms with Crippen LogP contribution < -0.4 is 10.1 Å². The van der Waals surface area contributed by atoms with E-state index in [0.29, 0.717) is 12.1 Å². The molecule has 0 aromatic heterocycles. The Morgan fingerprint density at radius 1 is 1.50 bits per heavy atom. The predicted molar refractivity (Wildman–Crippen MR) is 73.9 cm³/mol. The summed E-state index contributed by atoms with van der Waals surface area (Å²) in [6.07, 6.45) is 1.54. The van der Waals surface area contributed by atoms with E-state index in [-0.39, 0.29) is 18.2 Å². The van der Waals surface area contributed by atoms with Crippen LogP contribution in [0.5, 0.6) is 5.75 Å². The minimum atomic E-state index is -2.88. The van der Waals surface area contributed by atoms with E-state index in [9.17, 15) is 13.6 Å². The molecule has 20 heavy (non-hydrogen) atoms. The maximum absolute atomic E-state index is 12.4. The van der Waals surface area contributed by atoms with Crippen molar-refractivity contribution in [2.45, 2.75) is 12.8 Å². The molecular formula is C13H16F2N2O2S. The van der Waals surface area contributed by atoms with Crippen LogP contribution in [0, 0.1) is 0 Å². The standard InChI is InChI=1S/C13H16F2N2O2S/c1-20-7-6-17-11(18)8-16-12(17)9-4-2-3-5-10(9)19-13(14)15/h2-5,12-13,16H,6-8H2,1H3. The quantitative estimate of drug-likeness (QED) is 0.873. The highest BCUT2D eigenvalue weighted by atomic mass is 32.2. The van der Waals surface area contributed by atoms with E-state index in [1.807, 2.05) is 6.26 Å². The molecule has 1 N–H and O–H groups in total. The van der Waals surface area contributed by atoms with Gasteiger partial charge in [-0.3, -0.25) is 10.1 Å². The summed E-state index contributed by atoms with van der Waals surface area (Å²) >= 11 is 1.63. The number of nitrogens with one attached hydrogen (secondary N) is 1. The molecule has 1 atom stereocenters. The van der Waals surface area contributed by atoms with E-state index in [0.717, 1.165) is 5.75 Å². The van der Waals surface area contributed by atoms with Crippen molar-refractivity contribution in [2.24, 2.45) is 0 Å². The van der Waals surface area contributed by atoms with Crippen LogP contribution in [-0.2, 0) is 4.79 Å². The van der Waals surface area contributed by atoms with Gasteiger partial charge in [0, 0.05) is 17.9 Å². The third kappa shape index (κ3) is 3.40. The van der Waals surface area contributed by atoms with Gasteiger partial charge in [-0.15, -0.1) is 0 Å². The summed E-state index contributed by atoms with van der Waals surface area (Å²) in [6.45, 7) is -2.10. The van der Waals surface area contributed by atoms with Crippen molar-refractivity contribution in [2.75, 3.05) is 25.1 Å². The van der Waals surface area contributed by atoms with Crippen molar-refractivity contribution in [3.63, 3.8) is 0 Å². The van der Waals surface area contributed by atoms with Crippen LogP contribution >= 0.6 is 11.8 Å². The van der Waals surface area contributed by atoms with Crippen molar-refractivity contribution in [1.29, 1.82) is 0 Å². The first kappa shape index (κ1) is 15.1. The average molecular weight is 302 g/mol. The fraction of sp³-hybridized carbons (Fsp3) is 0.462. The topological polar surface area (TPSA) is 41.6 Å². The molecule has 0 aliphatic carbocycles. The van der Waals surface area contributed by atoms with Gasteiger partial charge in [-0.2, -0.15) is 20.5 Å². The lowest BCUT2D eigenvalue weighted by molar-refractivity contribution is -0.127. The Kier molecular flexibility index (Phi) is 5.19. The number of rotatable bonds is 6. The van der Waals surface area contributed by atoms with Gasteiger partial charge in [0.25, 0.3) is 0 Å². The van der Waals surface area contributed by atoms with E-state index in [4.69, 9.17) is 0 Å². The van der Waals surface area contributed by atoms with Crippen LogP contribution in [0.2, 0.25) is 0 Å². The third-order valence-corrected chi connectivity index (χ3v) is 3.64. The van der Waals surface area contributed by atoms with Crippen molar-refractivity contribution in [3.05, 3.63) is 29.8 Å². The molecule has 0 bridgehead atoms. The van der Waals surface area contributed by atoms with Crippen molar-refractivity contribution in [3.8, 4) is 5.75 Å². The Bertz CT molecular complexity index is 473. The molecule has 0 radical (unpaired) electrons. The normalized spacial score (nSPS) is 18.9. The number of hydrogen-bond donors (Lipinski definition) is 1. The van der Waals surface area contributed by atoms with Crippen molar-refractivity contribution in [1.82, 2.24) is 10.2 Å². The number of halogens is 2. The lowest BCUT2D eigenvalue weighted by Gasteiger charge is -2.25. The van der Waals surface area contributed by atoms with E-state index < -0.39 is 12.8 Å². The van der Waals surface area contributed by atoms with Crippen LogP contribution in [0.25, 0.3) is 0 Å². The monoisotopic (exact) mass is 302 g/mol. The molecule has 7 heteroatoms. The first-order chi connectivity index (χ1) is 9.63. The minimum absolute atomic E-state index is 0.0316. The Balaban J connectivity index is 2.23. The summed E-state index contributed by atoms with van der Waals surface area (Å²) in [5.41, 5.74) is 0.555. The molecular weight excluding hydrogens is 286 g/mol. The summed E-state index contributed by atoms with van der Waals surface area (Å²) in [4.78, 5) is 13.5. The van der Waals surface area contributed by atoms with Gasteiger partial charge in [0.05, 0.1) is 6.54 Å². The molecule has 1 unspecified atom stereocenters. The number of carbonyl (C=O) groups is 1. The van der Waals surface area contributed by atoms with E-state index in [1.165, 1.54) is 6.07 Å². The number of benzene rings is 1. The first-order valence-electron chi connectivity index (χ1n) is 6.19. The van der Waals surface area contributed by atoms with Crippen LogP contribution in [0.1, 0.15) is 11.7 Å². The number of nitrogens with zero attached hydrogens (tertiary/aromatic N) is 1. The highest BCUT2D eigenvalue weighted by molar-refractivity contribution is 7.98. The lowest BCUT2D eigenvalue weighted by Crippen LogP contribution is -2.32. The molecule has 0 spiro atoms. The zero-order valence-electron chi connectivity index (χ0n) is 11.0. The summed E-state index contributed by atoms with van der Waals surface area (Å²) < 4.78 is 29.4. The van der Waals surface area contributed by atoms with Crippen LogP contribution in [0.4, 0.5) is 8.78 Å². The summed E-state index contributed by atoms with van der Waals surface area (Å²) in [5.74, 6) is 0.863. The second kappa shape index (κ2) is 6.90. The van der Waals surface area contributed by atoms with Gasteiger partial charge in [-0.1, -0.05) is 18.2 Å². The zero-order chi connectivity index (χ0) is 14.5. The Morgan fingerprint density at radius 3 is 2.95 bits per heavy atom. The average Bonchev–Trinajstić information content (AvgIpc) is 2.77. The van der Waals surface area contributed by atoms with Crippen LogP contribution in [0.15, 0.2) is 24.3 Å². The SMILES string of the molecule is CSCCN1C(=O)CNC1c1ccccc1OC(F)F. The molecule has 4 nitrogen and oxygen atoms in total. The summed E-state index contributed by atoms with van der Waals surface area (Å²) in [5, 5.41) is 3.04. The smallest absolute Gasteiger partial charge is 0.387 e. The van der Waals surface area contributed by atoms with Crippen molar-refractivity contribution >= 4 is 17.7 Å². The number of thioether (sulfide) groups is 1. The molecule has 1 heterocycles. The third-order valence-electron chi connectivity index (χ3n) is 3.04. The fourth-order valence-corrected chi connectivity index (χ4v) is 2.55. The van der Waals surface area contributed by atoms with Gasteiger partial charge in [0.1, 0.15) is 11.9 Å². The van der Waals surface area contributed by atoms with Crippen LogP contribution in [0.3, 0.4) is 0 Å². The largest absolute Gasteiger partial charge is 0.434 e. The highest BCUT2D eigenvalue weighted by Gasteiger charge is 2.33. The number of para-hydroxylation sites is 1. The number of hydrogen-bond acceptors (Lipinski definition) is 4. The van der Waals surface area contributed by atoms with Gasteiger partial charge in [0.15, 0.2) is 0 Å². The molecule has 1 saturated heterocycles.